The van der Waals surface area contributed by atoms with Gasteiger partial charge in [-0.15, -0.1) is 0 Å². The molecule has 1 aliphatic heterocycles. The van der Waals surface area contributed by atoms with E-state index in [4.69, 9.17) is 5.73 Å². The molecule has 0 amide bonds. The molecule has 2 bridgehead atoms. The Balaban J connectivity index is 1.44. The van der Waals surface area contributed by atoms with Crippen molar-refractivity contribution in [1.82, 2.24) is 4.90 Å². The van der Waals surface area contributed by atoms with Crippen LogP contribution < -0.4 is 10.6 Å². The van der Waals surface area contributed by atoms with Gasteiger partial charge in [-0.2, -0.15) is 0 Å². The van der Waals surface area contributed by atoms with Crippen molar-refractivity contribution in [3.8, 4) is 0 Å². The molecule has 4 aliphatic rings. The monoisotopic (exact) mass is 257 g/mol. The lowest BCUT2D eigenvalue weighted by Gasteiger charge is -2.51. The minimum absolute atomic E-state index is 0.610. The van der Waals surface area contributed by atoms with Gasteiger partial charge in [-0.25, -0.2) is 0 Å². The topological polar surface area (TPSA) is 32.5 Å². The number of nitrogens with zero attached hydrogens (tertiary/aromatic N) is 2. The molecule has 5 rings (SSSR count). The smallest absolute Gasteiger partial charge is 0.0600 e. The van der Waals surface area contributed by atoms with Gasteiger partial charge in [0.25, 0.3) is 0 Å². The zero-order valence-electron chi connectivity index (χ0n) is 11.5. The van der Waals surface area contributed by atoms with Gasteiger partial charge in [0.05, 0.1) is 11.4 Å². The average molecular weight is 257 g/mol. The molecule has 0 atom stereocenters. The highest BCUT2D eigenvalue weighted by Crippen LogP contribution is 2.55. The van der Waals surface area contributed by atoms with Crippen LogP contribution in [0.1, 0.15) is 25.7 Å². The Morgan fingerprint density at radius 3 is 2.42 bits per heavy atom. The zero-order valence-corrected chi connectivity index (χ0v) is 11.5. The number of para-hydroxylation sites is 2. The van der Waals surface area contributed by atoms with Gasteiger partial charge in [-0.1, -0.05) is 12.1 Å². The summed E-state index contributed by atoms with van der Waals surface area (Å²) in [5.41, 5.74) is 8.83. The van der Waals surface area contributed by atoms with Crippen LogP contribution >= 0.6 is 0 Å². The summed E-state index contributed by atoms with van der Waals surface area (Å²) < 4.78 is 0. The molecule has 1 aromatic carbocycles. The van der Waals surface area contributed by atoms with Gasteiger partial charge < -0.3 is 10.6 Å². The zero-order chi connectivity index (χ0) is 12.9. The fraction of sp³-hybridized carbons (Fsp3) is 0.625. The van der Waals surface area contributed by atoms with Crippen LogP contribution in [0.2, 0.25) is 0 Å². The number of fused-ring (bicyclic) bond motifs is 1. The minimum Gasteiger partial charge on any atom is -0.397 e. The molecular weight excluding hydrogens is 234 g/mol. The maximum atomic E-state index is 6.09. The first-order valence-electron chi connectivity index (χ1n) is 7.61. The van der Waals surface area contributed by atoms with E-state index >= 15 is 0 Å². The summed E-state index contributed by atoms with van der Waals surface area (Å²) in [6, 6.07) is 8.26. The fourth-order valence-corrected chi connectivity index (χ4v) is 4.51. The van der Waals surface area contributed by atoms with Crippen molar-refractivity contribution >= 4 is 11.4 Å². The molecule has 3 saturated carbocycles. The van der Waals surface area contributed by atoms with E-state index in [1.54, 1.807) is 0 Å². The van der Waals surface area contributed by atoms with E-state index in [1.807, 2.05) is 12.1 Å². The second-order valence-corrected chi connectivity index (χ2v) is 6.57. The number of benzene rings is 1. The number of rotatable bonds is 2. The highest BCUT2D eigenvalue weighted by Gasteiger charge is 2.53. The lowest BCUT2D eigenvalue weighted by molar-refractivity contribution is 0.0220. The first-order chi connectivity index (χ1) is 9.27. The summed E-state index contributed by atoms with van der Waals surface area (Å²) in [4.78, 5) is 5.22. The highest BCUT2D eigenvalue weighted by atomic mass is 15.3. The molecule has 0 unspecified atom stereocenters. The molecule has 4 fully saturated rings. The van der Waals surface area contributed by atoms with Crippen molar-refractivity contribution in [2.24, 2.45) is 5.92 Å². The predicted molar refractivity (Wildman–Crippen MR) is 79.3 cm³/mol. The lowest BCUT2D eigenvalue weighted by Crippen LogP contribution is -2.59. The Labute approximate surface area is 115 Å². The summed E-state index contributed by atoms with van der Waals surface area (Å²) in [5.74, 6) is 1.06. The molecule has 0 radical (unpaired) electrons. The third-order valence-electron chi connectivity index (χ3n) is 5.58. The van der Waals surface area contributed by atoms with E-state index in [-0.39, 0.29) is 0 Å². The summed E-state index contributed by atoms with van der Waals surface area (Å²) in [7, 11) is 0. The number of nitrogens with two attached hydrogens (primary N) is 1. The molecular formula is C16H23N3. The van der Waals surface area contributed by atoms with E-state index < -0.39 is 0 Å². The van der Waals surface area contributed by atoms with E-state index in [0.29, 0.717) is 5.54 Å². The Kier molecular flexibility index (Phi) is 2.52. The van der Waals surface area contributed by atoms with Gasteiger partial charge in [-0.3, -0.25) is 4.90 Å². The molecule has 3 aliphatic carbocycles. The third-order valence-corrected chi connectivity index (χ3v) is 5.58. The SMILES string of the molecule is Nc1ccccc1N1CCN(C23CCC(C2)C3)CC1. The lowest BCUT2D eigenvalue weighted by atomic mass is 9.75. The quantitative estimate of drug-likeness (QED) is 0.825. The van der Waals surface area contributed by atoms with Crippen molar-refractivity contribution in [2.75, 3.05) is 36.8 Å². The van der Waals surface area contributed by atoms with E-state index in [2.05, 4.69) is 21.9 Å². The van der Waals surface area contributed by atoms with E-state index in [1.165, 1.54) is 44.5 Å². The number of hydrogen-bond acceptors (Lipinski definition) is 3. The fourth-order valence-electron chi connectivity index (χ4n) is 4.51. The third kappa shape index (κ3) is 1.75. The normalized spacial score (nSPS) is 34.3. The predicted octanol–water partition coefficient (Wildman–Crippen LogP) is 2.33. The van der Waals surface area contributed by atoms with Crippen LogP contribution in [0.5, 0.6) is 0 Å². The Hall–Kier alpha value is -1.22. The second kappa shape index (κ2) is 4.14. The molecule has 0 spiro atoms. The first kappa shape index (κ1) is 11.6. The molecule has 3 heteroatoms. The standard InChI is InChI=1S/C16H23N3/c17-14-3-1-2-4-15(14)18-7-9-19(10-8-18)16-6-5-13(11-16)12-16/h1-4,13H,5-12,17H2. The van der Waals surface area contributed by atoms with Crippen LogP contribution in [0.4, 0.5) is 11.4 Å². The average Bonchev–Trinajstić information content (AvgIpc) is 3.00. The minimum atomic E-state index is 0.610. The summed E-state index contributed by atoms with van der Waals surface area (Å²) >= 11 is 0. The Bertz CT molecular complexity index is 465. The molecule has 102 valence electrons. The largest absolute Gasteiger partial charge is 0.397 e. The summed E-state index contributed by atoms with van der Waals surface area (Å²) in [6.45, 7) is 4.67. The van der Waals surface area contributed by atoms with Crippen molar-refractivity contribution in [3.05, 3.63) is 24.3 Å². The molecule has 1 heterocycles. The molecule has 2 N–H and O–H groups in total. The van der Waals surface area contributed by atoms with Crippen molar-refractivity contribution in [3.63, 3.8) is 0 Å². The van der Waals surface area contributed by atoms with Gasteiger partial charge in [0.1, 0.15) is 0 Å². The van der Waals surface area contributed by atoms with Crippen molar-refractivity contribution in [2.45, 2.75) is 31.2 Å². The van der Waals surface area contributed by atoms with Gasteiger partial charge in [0.15, 0.2) is 0 Å². The number of piperazine rings is 1. The van der Waals surface area contributed by atoms with Crippen LogP contribution in [0.3, 0.4) is 0 Å². The molecule has 1 saturated heterocycles. The Morgan fingerprint density at radius 1 is 1.05 bits per heavy atom. The number of anilines is 2. The number of hydrogen-bond donors (Lipinski definition) is 1. The molecule has 1 aromatic rings. The van der Waals surface area contributed by atoms with Crippen LogP contribution in [-0.4, -0.2) is 36.6 Å². The summed E-state index contributed by atoms with van der Waals surface area (Å²) in [5, 5.41) is 0. The van der Waals surface area contributed by atoms with Crippen LogP contribution in [0, 0.1) is 5.92 Å². The van der Waals surface area contributed by atoms with Crippen LogP contribution in [-0.2, 0) is 0 Å². The first-order valence-corrected chi connectivity index (χ1v) is 7.61. The van der Waals surface area contributed by atoms with Crippen LogP contribution in [0.15, 0.2) is 24.3 Å². The van der Waals surface area contributed by atoms with Crippen molar-refractivity contribution in [1.29, 1.82) is 0 Å². The van der Waals surface area contributed by atoms with Gasteiger partial charge in [0.2, 0.25) is 0 Å². The molecule has 19 heavy (non-hydrogen) atoms. The van der Waals surface area contributed by atoms with Gasteiger partial charge >= 0.3 is 0 Å². The van der Waals surface area contributed by atoms with Gasteiger partial charge in [0, 0.05) is 31.7 Å². The highest BCUT2D eigenvalue weighted by molar-refractivity contribution is 5.67. The summed E-state index contributed by atoms with van der Waals surface area (Å²) in [6.07, 6.45) is 5.87. The van der Waals surface area contributed by atoms with E-state index in [0.717, 1.165) is 24.7 Å². The van der Waals surface area contributed by atoms with E-state index in [9.17, 15) is 0 Å². The molecule has 0 aromatic heterocycles. The second-order valence-electron chi connectivity index (χ2n) is 6.57. The van der Waals surface area contributed by atoms with Crippen LogP contribution in [0.25, 0.3) is 0 Å². The maximum Gasteiger partial charge on any atom is 0.0600 e. The number of nitrogen functional groups attached to an aromatic ring is 1. The Morgan fingerprint density at radius 2 is 1.79 bits per heavy atom. The van der Waals surface area contributed by atoms with Gasteiger partial charge in [-0.05, 0) is 43.7 Å². The molecule has 3 nitrogen and oxygen atoms in total. The van der Waals surface area contributed by atoms with Crippen molar-refractivity contribution < 1.29 is 0 Å². The maximum absolute atomic E-state index is 6.09.